The topological polar surface area (TPSA) is 86.6 Å². The summed E-state index contributed by atoms with van der Waals surface area (Å²) in [5.74, 6) is -1.15. The Kier molecular flexibility index (Phi) is 4.51. The van der Waals surface area contributed by atoms with Crippen molar-refractivity contribution in [2.24, 2.45) is 0 Å². The largest absolute Gasteiger partial charge is 0.507 e. The van der Waals surface area contributed by atoms with Crippen LogP contribution in [0.3, 0.4) is 0 Å². The second-order valence-corrected chi connectivity index (χ2v) is 5.49. The van der Waals surface area contributed by atoms with E-state index in [1.807, 2.05) is 0 Å². The highest BCUT2D eigenvalue weighted by Gasteiger charge is 2.16. The molecule has 0 aromatic heterocycles. The molecule has 0 bridgehead atoms. The third-order valence-corrected chi connectivity index (χ3v) is 3.66. The van der Waals surface area contributed by atoms with Gasteiger partial charge in [0.25, 0.3) is 5.91 Å². The predicted molar refractivity (Wildman–Crippen MR) is 65.6 cm³/mol. The van der Waals surface area contributed by atoms with Gasteiger partial charge in [-0.05, 0) is 19.1 Å². The summed E-state index contributed by atoms with van der Waals surface area (Å²) in [6.45, 7) is 1.96. The molecule has 0 spiro atoms. The summed E-state index contributed by atoms with van der Waals surface area (Å²) in [5, 5.41) is 21.2. The lowest BCUT2D eigenvalue weighted by Crippen LogP contribution is -2.32. The average molecular weight is 257 g/mol. The molecule has 0 aliphatic heterocycles. The fourth-order valence-electron chi connectivity index (χ4n) is 1.20. The molecule has 0 saturated heterocycles. The lowest BCUT2D eigenvalue weighted by molar-refractivity contribution is 0.0948. The first kappa shape index (κ1) is 13.5. The van der Waals surface area contributed by atoms with E-state index in [0.717, 1.165) is 0 Å². The third-order valence-electron chi connectivity index (χ3n) is 2.36. The van der Waals surface area contributed by atoms with Crippen LogP contribution in [0.15, 0.2) is 18.2 Å². The maximum absolute atomic E-state index is 11.7. The molecule has 0 fully saturated rings. The molecule has 94 valence electrons. The molecule has 5 nitrogen and oxygen atoms in total. The van der Waals surface area contributed by atoms with Gasteiger partial charge in [0, 0.05) is 28.9 Å². The first-order valence-corrected chi connectivity index (χ1v) is 6.67. The molecule has 0 aliphatic rings. The van der Waals surface area contributed by atoms with Gasteiger partial charge in [-0.2, -0.15) is 0 Å². The SMILES string of the molecule is CC(CNC(=O)c1c(O)cccc1O)S(C)=O. The zero-order valence-corrected chi connectivity index (χ0v) is 10.5. The molecule has 3 N–H and O–H groups in total. The standard InChI is InChI=1S/C11H15NO4S/c1-7(17(2)16)6-12-11(15)10-8(13)4-3-5-9(10)14/h3-5,7,13-14H,6H2,1-2H3,(H,12,15). The maximum atomic E-state index is 11.7. The van der Waals surface area contributed by atoms with E-state index in [0.29, 0.717) is 0 Å². The summed E-state index contributed by atoms with van der Waals surface area (Å²) < 4.78 is 11.1. The molecule has 1 rings (SSSR count). The van der Waals surface area contributed by atoms with Gasteiger partial charge in [-0.15, -0.1) is 0 Å². The van der Waals surface area contributed by atoms with Gasteiger partial charge in [0.1, 0.15) is 17.1 Å². The van der Waals surface area contributed by atoms with Crippen LogP contribution in [0.5, 0.6) is 11.5 Å². The number of hydrogen-bond acceptors (Lipinski definition) is 4. The van der Waals surface area contributed by atoms with E-state index in [1.54, 1.807) is 13.2 Å². The van der Waals surface area contributed by atoms with Crippen molar-refractivity contribution in [3.63, 3.8) is 0 Å². The number of amides is 1. The minimum absolute atomic E-state index is 0.165. The molecule has 6 heteroatoms. The van der Waals surface area contributed by atoms with Gasteiger partial charge in [0.15, 0.2) is 0 Å². The summed E-state index contributed by atoms with van der Waals surface area (Å²) in [6, 6.07) is 4.07. The van der Waals surface area contributed by atoms with Crippen LogP contribution in [-0.4, -0.2) is 38.4 Å². The number of aromatic hydroxyl groups is 2. The fraction of sp³-hybridized carbons (Fsp3) is 0.364. The number of phenolic OH excluding ortho intramolecular Hbond substituents is 2. The molecular formula is C11H15NO4S. The van der Waals surface area contributed by atoms with Crippen LogP contribution in [0, 0.1) is 0 Å². The van der Waals surface area contributed by atoms with E-state index >= 15 is 0 Å². The van der Waals surface area contributed by atoms with E-state index < -0.39 is 16.7 Å². The Hall–Kier alpha value is -1.56. The quantitative estimate of drug-likeness (QED) is 0.737. The van der Waals surface area contributed by atoms with Gasteiger partial charge in [0.2, 0.25) is 0 Å². The monoisotopic (exact) mass is 257 g/mol. The van der Waals surface area contributed by atoms with E-state index in [9.17, 15) is 19.2 Å². The van der Waals surface area contributed by atoms with Gasteiger partial charge in [-0.25, -0.2) is 0 Å². The number of hydrogen-bond donors (Lipinski definition) is 3. The van der Waals surface area contributed by atoms with Gasteiger partial charge in [0.05, 0.1) is 0 Å². The summed E-state index contributed by atoms with van der Waals surface area (Å²) in [7, 11) is -1.03. The Morgan fingerprint density at radius 1 is 1.41 bits per heavy atom. The third kappa shape index (κ3) is 3.45. The van der Waals surface area contributed by atoms with Gasteiger partial charge >= 0.3 is 0 Å². The van der Waals surface area contributed by atoms with Crippen molar-refractivity contribution in [2.75, 3.05) is 12.8 Å². The van der Waals surface area contributed by atoms with Crippen molar-refractivity contribution in [2.45, 2.75) is 12.2 Å². The van der Waals surface area contributed by atoms with Crippen LogP contribution >= 0.6 is 0 Å². The van der Waals surface area contributed by atoms with Crippen molar-refractivity contribution in [1.82, 2.24) is 5.32 Å². The molecule has 17 heavy (non-hydrogen) atoms. The molecule has 0 radical (unpaired) electrons. The van der Waals surface area contributed by atoms with Crippen LogP contribution in [-0.2, 0) is 10.8 Å². The molecule has 1 aromatic rings. The Bertz CT molecular complexity index is 427. The highest BCUT2D eigenvalue weighted by molar-refractivity contribution is 7.84. The number of carbonyl (C=O) groups excluding carboxylic acids is 1. The second kappa shape index (κ2) is 5.67. The van der Waals surface area contributed by atoms with Gasteiger partial charge < -0.3 is 15.5 Å². The van der Waals surface area contributed by atoms with Crippen molar-refractivity contribution in [3.05, 3.63) is 23.8 Å². The minimum Gasteiger partial charge on any atom is -0.507 e. The zero-order valence-electron chi connectivity index (χ0n) is 9.64. The lowest BCUT2D eigenvalue weighted by atomic mass is 10.1. The summed E-state index contributed by atoms with van der Waals surface area (Å²) in [6.07, 6.45) is 1.55. The lowest BCUT2D eigenvalue weighted by Gasteiger charge is -2.11. The Balaban J connectivity index is 2.74. The molecule has 2 atom stereocenters. The Labute approximate surface area is 102 Å². The van der Waals surface area contributed by atoms with Crippen LogP contribution in [0.2, 0.25) is 0 Å². The number of carbonyl (C=O) groups is 1. The second-order valence-electron chi connectivity index (χ2n) is 3.69. The highest BCUT2D eigenvalue weighted by atomic mass is 32.2. The zero-order chi connectivity index (χ0) is 13.0. The molecule has 2 unspecified atom stereocenters. The van der Waals surface area contributed by atoms with Crippen LogP contribution in [0.25, 0.3) is 0 Å². The van der Waals surface area contributed by atoms with Crippen LogP contribution < -0.4 is 5.32 Å². The first-order chi connectivity index (χ1) is 7.93. The molecule has 0 heterocycles. The number of rotatable bonds is 4. The van der Waals surface area contributed by atoms with E-state index in [4.69, 9.17) is 0 Å². The van der Waals surface area contributed by atoms with E-state index in [-0.39, 0.29) is 28.9 Å². The summed E-state index contributed by atoms with van der Waals surface area (Å²) in [4.78, 5) is 11.7. The summed E-state index contributed by atoms with van der Waals surface area (Å²) >= 11 is 0. The van der Waals surface area contributed by atoms with Gasteiger partial charge in [-0.1, -0.05) is 6.07 Å². The van der Waals surface area contributed by atoms with E-state index in [1.165, 1.54) is 18.2 Å². The highest BCUT2D eigenvalue weighted by Crippen LogP contribution is 2.25. The molecule has 0 aliphatic carbocycles. The number of benzene rings is 1. The first-order valence-electron chi connectivity index (χ1n) is 5.05. The Morgan fingerprint density at radius 2 is 1.94 bits per heavy atom. The smallest absolute Gasteiger partial charge is 0.258 e. The average Bonchev–Trinajstić information content (AvgIpc) is 2.25. The molecule has 1 aromatic carbocycles. The fourth-order valence-corrected chi connectivity index (χ4v) is 1.52. The normalized spacial score (nSPS) is 14.0. The van der Waals surface area contributed by atoms with E-state index in [2.05, 4.69) is 5.32 Å². The van der Waals surface area contributed by atoms with Crippen molar-refractivity contribution in [1.29, 1.82) is 0 Å². The molecular weight excluding hydrogens is 242 g/mol. The maximum Gasteiger partial charge on any atom is 0.258 e. The van der Waals surface area contributed by atoms with Crippen LogP contribution in [0.1, 0.15) is 17.3 Å². The number of phenols is 2. The van der Waals surface area contributed by atoms with Crippen LogP contribution in [0.4, 0.5) is 0 Å². The molecule has 1 amide bonds. The van der Waals surface area contributed by atoms with Crippen molar-refractivity contribution in [3.8, 4) is 11.5 Å². The van der Waals surface area contributed by atoms with Crippen molar-refractivity contribution >= 4 is 16.7 Å². The molecule has 0 saturated carbocycles. The Morgan fingerprint density at radius 3 is 2.41 bits per heavy atom. The van der Waals surface area contributed by atoms with Gasteiger partial charge in [-0.3, -0.25) is 9.00 Å². The summed E-state index contributed by atoms with van der Waals surface area (Å²) in [5.41, 5.74) is -0.165. The van der Waals surface area contributed by atoms with Crippen molar-refractivity contribution < 1.29 is 19.2 Å². The minimum atomic E-state index is -1.03. The number of nitrogens with one attached hydrogen (secondary N) is 1. The predicted octanol–water partition coefficient (Wildman–Crippen LogP) is 0.595.